The molecule has 0 bridgehead atoms. The third-order valence-corrected chi connectivity index (χ3v) is 2.13. The second kappa shape index (κ2) is 5.16. The molecule has 1 amide bonds. The van der Waals surface area contributed by atoms with Crippen molar-refractivity contribution in [3.05, 3.63) is 29.8 Å². The number of aliphatic carboxylic acids is 1. The fourth-order valence-corrected chi connectivity index (χ4v) is 1.17. The summed E-state index contributed by atoms with van der Waals surface area (Å²) in [4.78, 5) is 21.8. The van der Waals surface area contributed by atoms with Crippen molar-refractivity contribution in [2.75, 3.05) is 12.4 Å². The summed E-state index contributed by atoms with van der Waals surface area (Å²) in [5, 5.41) is 14.0. The van der Waals surface area contributed by atoms with Crippen molar-refractivity contribution in [2.24, 2.45) is 0 Å². The second-order valence-corrected chi connectivity index (χ2v) is 3.36. The van der Waals surface area contributed by atoms with E-state index in [9.17, 15) is 9.59 Å². The highest BCUT2D eigenvalue weighted by Gasteiger charge is 2.10. The van der Waals surface area contributed by atoms with E-state index in [1.807, 2.05) is 0 Å². The second-order valence-electron chi connectivity index (χ2n) is 3.36. The zero-order valence-corrected chi connectivity index (χ0v) is 9.15. The Kier molecular flexibility index (Phi) is 3.88. The van der Waals surface area contributed by atoms with Crippen LogP contribution in [0.2, 0.25) is 0 Å². The molecule has 86 valence electrons. The van der Waals surface area contributed by atoms with Gasteiger partial charge in [0, 0.05) is 18.3 Å². The number of nitrogens with one attached hydrogen (secondary N) is 2. The molecule has 0 radical (unpaired) electrons. The van der Waals surface area contributed by atoms with Crippen molar-refractivity contribution in [3.8, 4) is 0 Å². The van der Waals surface area contributed by atoms with Crippen molar-refractivity contribution < 1.29 is 14.7 Å². The molecule has 0 aromatic heterocycles. The Morgan fingerprint density at radius 3 is 2.25 bits per heavy atom. The molecule has 0 saturated carbocycles. The van der Waals surface area contributed by atoms with Gasteiger partial charge in [0.15, 0.2) is 0 Å². The lowest BCUT2D eigenvalue weighted by Gasteiger charge is -2.10. The molecule has 0 spiro atoms. The van der Waals surface area contributed by atoms with E-state index in [0.29, 0.717) is 11.3 Å². The molecule has 0 saturated heterocycles. The molecule has 0 aliphatic heterocycles. The molecule has 3 N–H and O–H groups in total. The maximum atomic E-state index is 11.2. The molecule has 0 aliphatic rings. The van der Waals surface area contributed by atoms with E-state index in [1.165, 1.54) is 0 Å². The lowest BCUT2D eigenvalue weighted by Crippen LogP contribution is -2.25. The normalized spacial score (nSPS) is 11.6. The van der Waals surface area contributed by atoms with Crippen LogP contribution in [-0.4, -0.2) is 30.1 Å². The molecule has 16 heavy (non-hydrogen) atoms. The van der Waals surface area contributed by atoms with E-state index in [-0.39, 0.29) is 5.91 Å². The molecule has 0 aliphatic carbocycles. The van der Waals surface area contributed by atoms with Crippen LogP contribution in [0.4, 0.5) is 5.69 Å². The Balaban J connectivity index is 2.72. The van der Waals surface area contributed by atoms with Gasteiger partial charge in [0.25, 0.3) is 5.91 Å². The minimum atomic E-state index is -0.921. The molecular weight excluding hydrogens is 208 g/mol. The van der Waals surface area contributed by atoms with Crippen LogP contribution in [0.15, 0.2) is 24.3 Å². The van der Waals surface area contributed by atoms with E-state index in [4.69, 9.17) is 5.11 Å². The largest absolute Gasteiger partial charge is 0.480 e. The maximum Gasteiger partial charge on any atom is 0.325 e. The number of amides is 1. The van der Waals surface area contributed by atoms with Gasteiger partial charge in [-0.3, -0.25) is 9.59 Å². The molecular formula is C11H14N2O3. The molecule has 1 rings (SSSR count). The number of anilines is 1. The Morgan fingerprint density at radius 1 is 1.25 bits per heavy atom. The minimum absolute atomic E-state index is 0.169. The first-order valence-corrected chi connectivity index (χ1v) is 4.86. The average molecular weight is 222 g/mol. The molecule has 5 heteroatoms. The molecule has 1 atom stereocenters. The van der Waals surface area contributed by atoms with E-state index >= 15 is 0 Å². The predicted molar refractivity (Wildman–Crippen MR) is 60.6 cm³/mol. The third kappa shape index (κ3) is 2.98. The molecule has 0 fully saturated rings. The number of hydrogen-bond donors (Lipinski definition) is 3. The van der Waals surface area contributed by atoms with Gasteiger partial charge in [-0.15, -0.1) is 0 Å². The van der Waals surface area contributed by atoms with Crippen molar-refractivity contribution in [1.82, 2.24) is 5.32 Å². The van der Waals surface area contributed by atoms with Crippen LogP contribution in [0.5, 0.6) is 0 Å². The van der Waals surface area contributed by atoms with Crippen LogP contribution >= 0.6 is 0 Å². The van der Waals surface area contributed by atoms with Crippen molar-refractivity contribution >= 4 is 17.6 Å². The smallest absolute Gasteiger partial charge is 0.325 e. The van der Waals surface area contributed by atoms with Crippen LogP contribution in [0.3, 0.4) is 0 Å². The highest BCUT2D eigenvalue weighted by atomic mass is 16.4. The number of carbonyl (C=O) groups is 2. The quantitative estimate of drug-likeness (QED) is 0.708. The number of benzene rings is 1. The van der Waals surface area contributed by atoms with Crippen molar-refractivity contribution in [2.45, 2.75) is 13.0 Å². The zero-order valence-electron chi connectivity index (χ0n) is 9.15. The Hall–Kier alpha value is -2.04. The van der Waals surface area contributed by atoms with Gasteiger partial charge in [-0.25, -0.2) is 0 Å². The Labute approximate surface area is 93.5 Å². The number of carboxylic acid groups (broad SMARTS) is 1. The first-order chi connectivity index (χ1) is 7.54. The molecule has 5 nitrogen and oxygen atoms in total. The Morgan fingerprint density at radius 2 is 1.81 bits per heavy atom. The number of rotatable bonds is 4. The average Bonchev–Trinajstić information content (AvgIpc) is 2.28. The fraction of sp³-hybridized carbons (Fsp3) is 0.273. The highest BCUT2D eigenvalue weighted by molar-refractivity contribution is 5.94. The van der Waals surface area contributed by atoms with Gasteiger partial charge in [-0.05, 0) is 31.2 Å². The fourth-order valence-electron chi connectivity index (χ4n) is 1.17. The third-order valence-electron chi connectivity index (χ3n) is 2.13. The van der Waals surface area contributed by atoms with E-state index in [1.54, 1.807) is 38.2 Å². The summed E-state index contributed by atoms with van der Waals surface area (Å²) >= 11 is 0. The van der Waals surface area contributed by atoms with Gasteiger partial charge in [-0.2, -0.15) is 0 Å². The van der Waals surface area contributed by atoms with Gasteiger partial charge in [-0.1, -0.05) is 0 Å². The van der Waals surface area contributed by atoms with E-state index < -0.39 is 12.0 Å². The molecule has 0 heterocycles. The summed E-state index contributed by atoms with van der Waals surface area (Å²) in [5.41, 5.74) is 1.21. The summed E-state index contributed by atoms with van der Waals surface area (Å²) in [7, 11) is 1.56. The maximum absolute atomic E-state index is 11.2. The van der Waals surface area contributed by atoms with E-state index in [0.717, 1.165) is 0 Å². The summed E-state index contributed by atoms with van der Waals surface area (Å²) in [6.45, 7) is 1.55. The van der Waals surface area contributed by atoms with E-state index in [2.05, 4.69) is 10.6 Å². The minimum Gasteiger partial charge on any atom is -0.480 e. The summed E-state index contributed by atoms with van der Waals surface area (Å²) < 4.78 is 0. The van der Waals surface area contributed by atoms with Gasteiger partial charge >= 0.3 is 5.97 Å². The van der Waals surface area contributed by atoms with Gasteiger partial charge in [0.2, 0.25) is 0 Å². The molecule has 1 aromatic rings. The SMILES string of the molecule is CNC(=O)c1ccc(NC(C)C(=O)O)cc1. The number of carbonyl (C=O) groups excluding carboxylic acids is 1. The van der Waals surface area contributed by atoms with Crippen molar-refractivity contribution in [3.63, 3.8) is 0 Å². The van der Waals surface area contributed by atoms with Crippen LogP contribution in [0.1, 0.15) is 17.3 Å². The Bertz CT molecular complexity index is 387. The monoisotopic (exact) mass is 222 g/mol. The highest BCUT2D eigenvalue weighted by Crippen LogP contribution is 2.10. The summed E-state index contributed by atoms with van der Waals surface area (Å²) in [5.74, 6) is -1.09. The first-order valence-electron chi connectivity index (χ1n) is 4.86. The van der Waals surface area contributed by atoms with Gasteiger partial charge in [0.05, 0.1) is 0 Å². The summed E-state index contributed by atoms with van der Waals surface area (Å²) in [6.07, 6.45) is 0. The van der Waals surface area contributed by atoms with Crippen LogP contribution < -0.4 is 10.6 Å². The zero-order chi connectivity index (χ0) is 12.1. The summed E-state index contributed by atoms with van der Waals surface area (Å²) in [6, 6.07) is 5.95. The number of carboxylic acids is 1. The lowest BCUT2D eigenvalue weighted by molar-refractivity contribution is -0.137. The van der Waals surface area contributed by atoms with Crippen molar-refractivity contribution in [1.29, 1.82) is 0 Å². The molecule has 1 unspecified atom stereocenters. The van der Waals surface area contributed by atoms with Crippen LogP contribution in [0, 0.1) is 0 Å². The van der Waals surface area contributed by atoms with Crippen LogP contribution in [0.25, 0.3) is 0 Å². The number of hydrogen-bond acceptors (Lipinski definition) is 3. The van der Waals surface area contributed by atoms with Crippen LogP contribution in [-0.2, 0) is 4.79 Å². The molecule has 1 aromatic carbocycles. The topological polar surface area (TPSA) is 78.4 Å². The van der Waals surface area contributed by atoms with Gasteiger partial charge < -0.3 is 15.7 Å². The van der Waals surface area contributed by atoms with Gasteiger partial charge in [0.1, 0.15) is 6.04 Å². The first kappa shape index (κ1) is 12.0. The standard InChI is InChI=1S/C11H14N2O3/c1-7(11(15)16)13-9-5-3-8(4-6-9)10(14)12-2/h3-7,13H,1-2H3,(H,12,14)(H,15,16). The lowest BCUT2D eigenvalue weighted by atomic mass is 10.2. The predicted octanol–water partition coefficient (Wildman–Crippen LogP) is 0.931.